The molecule has 0 aromatic carbocycles. The van der Waals surface area contributed by atoms with Crippen LogP contribution in [0.4, 0.5) is 13.2 Å². The van der Waals surface area contributed by atoms with Gasteiger partial charge in [0.15, 0.2) is 0 Å². The molecule has 3 nitrogen and oxygen atoms in total. The van der Waals surface area contributed by atoms with E-state index in [0.29, 0.717) is 10.6 Å². The van der Waals surface area contributed by atoms with Crippen LogP contribution in [0.5, 0.6) is 0 Å². The Labute approximate surface area is 151 Å². The first-order valence-corrected chi connectivity index (χ1v) is 7.71. The normalized spacial score (nSPS) is 11.3. The molecular weight excluding hydrogens is 357 g/mol. The predicted octanol–water partition coefficient (Wildman–Crippen LogP) is 6.60. The van der Waals surface area contributed by atoms with Crippen molar-refractivity contribution in [2.75, 3.05) is 0 Å². The van der Waals surface area contributed by atoms with Crippen molar-refractivity contribution in [1.82, 2.24) is 0 Å². The minimum absolute atomic E-state index is 0.168. The first-order valence-electron chi connectivity index (χ1n) is 7.33. The Balaban J connectivity index is 0. The highest BCUT2D eigenvalue weighted by Gasteiger charge is 2.40. The third kappa shape index (κ3) is 9.68. The van der Waals surface area contributed by atoms with Crippen molar-refractivity contribution in [2.45, 2.75) is 47.7 Å². The van der Waals surface area contributed by atoms with Crippen LogP contribution in [0.1, 0.15) is 63.4 Å². The standard InChI is InChI=1S/C12H10ClF3O3.C4H6.C2H6/c1-6(3-4-7(2)13)9-5-8(11(17)18)10(19-9)12(14,15)16;1-3-4-2;1-2/h3-5H,1-2H3,(H,17,18);1-2H3;1-2H3/b6-3+,7-4+;;. The molecule has 0 aliphatic heterocycles. The van der Waals surface area contributed by atoms with Crippen LogP contribution in [-0.2, 0) is 6.18 Å². The van der Waals surface area contributed by atoms with Crippen molar-refractivity contribution in [3.63, 3.8) is 0 Å². The number of carbonyl (C=O) groups is 1. The fourth-order valence-corrected chi connectivity index (χ4v) is 1.34. The zero-order valence-electron chi connectivity index (χ0n) is 15.0. The Morgan fingerprint density at radius 3 is 1.96 bits per heavy atom. The number of furan rings is 1. The lowest BCUT2D eigenvalue weighted by Gasteiger charge is -2.03. The van der Waals surface area contributed by atoms with Gasteiger partial charge in [-0.25, -0.2) is 4.79 Å². The topological polar surface area (TPSA) is 50.4 Å². The first kappa shape index (κ1) is 25.1. The van der Waals surface area contributed by atoms with Crippen LogP contribution >= 0.6 is 11.6 Å². The van der Waals surface area contributed by atoms with Crippen LogP contribution in [0.15, 0.2) is 27.7 Å². The number of carboxylic acid groups (broad SMARTS) is 1. The first-order chi connectivity index (χ1) is 11.5. The molecule has 1 rings (SSSR count). The van der Waals surface area contributed by atoms with E-state index in [0.717, 1.165) is 6.07 Å². The quantitative estimate of drug-likeness (QED) is 0.476. The number of carboxylic acids is 1. The molecule has 140 valence electrons. The molecule has 0 aliphatic rings. The number of halogens is 4. The van der Waals surface area contributed by atoms with Gasteiger partial charge in [-0.15, -0.1) is 11.8 Å². The Morgan fingerprint density at radius 2 is 1.68 bits per heavy atom. The molecule has 0 saturated carbocycles. The number of alkyl halides is 3. The minimum atomic E-state index is -4.86. The summed E-state index contributed by atoms with van der Waals surface area (Å²) in [4.78, 5) is 10.8. The van der Waals surface area contributed by atoms with E-state index in [-0.39, 0.29) is 5.76 Å². The van der Waals surface area contributed by atoms with Gasteiger partial charge < -0.3 is 9.52 Å². The fourth-order valence-electron chi connectivity index (χ4n) is 1.28. The lowest BCUT2D eigenvalue weighted by atomic mass is 10.1. The molecule has 25 heavy (non-hydrogen) atoms. The van der Waals surface area contributed by atoms with Crippen LogP contribution in [0, 0.1) is 11.8 Å². The summed E-state index contributed by atoms with van der Waals surface area (Å²) in [6, 6.07) is 0.842. The number of allylic oxidation sites excluding steroid dienone is 4. The van der Waals surface area contributed by atoms with Gasteiger partial charge in [0.2, 0.25) is 5.76 Å². The second-order valence-corrected chi connectivity index (χ2v) is 4.86. The maximum atomic E-state index is 12.6. The van der Waals surface area contributed by atoms with E-state index in [9.17, 15) is 18.0 Å². The lowest BCUT2D eigenvalue weighted by Crippen LogP contribution is -2.09. The molecule has 0 spiro atoms. The summed E-state index contributed by atoms with van der Waals surface area (Å²) < 4.78 is 42.4. The second-order valence-electron chi connectivity index (χ2n) is 4.26. The smallest absolute Gasteiger partial charge is 0.450 e. The van der Waals surface area contributed by atoms with Gasteiger partial charge in [0.1, 0.15) is 11.3 Å². The molecule has 0 bridgehead atoms. The predicted molar refractivity (Wildman–Crippen MR) is 94.4 cm³/mol. The summed E-state index contributed by atoms with van der Waals surface area (Å²) in [5, 5.41) is 9.16. The average Bonchev–Trinajstić information content (AvgIpc) is 3.00. The molecule has 0 saturated heterocycles. The van der Waals surface area contributed by atoms with E-state index >= 15 is 0 Å². The van der Waals surface area contributed by atoms with Crippen LogP contribution in [0.2, 0.25) is 0 Å². The molecule has 0 unspecified atom stereocenters. The maximum absolute atomic E-state index is 12.6. The summed E-state index contributed by atoms with van der Waals surface area (Å²) in [5.74, 6) is 1.98. The largest absolute Gasteiger partial charge is 0.478 e. The molecule has 1 N–H and O–H groups in total. The van der Waals surface area contributed by atoms with E-state index in [1.807, 2.05) is 27.7 Å². The molecule has 7 heteroatoms. The summed E-state index contributed by atoms with van der Waals surface area (Å²) >= 11 is 5.58. The van der Waals surface area contributed by atoms with Gasteiger partial charge in [0.05, 0.1) is 0 Å². The fraction of sp³-hybridized carbons (Fsp3) is 0.389. The van der Waals surface area contributed by atoms with E-state index in [2.05, 4.69) is 16.3 Å². The van der Waals surface area contributed by atoms with Gasteiger partial charge in [-0.1, -0.05) is 31.5 Å². The summed E-state index contributed by atoms with van der Waals surface area (Å²) in [6.07, 6.45) is -1.95. The molecule has 0 radical (unpaired) electrons. The van der Waals surface area contributed by atoms with Crippen molar-refractivity contribution >= 4 is 23.1 Å². The molecule has 0 aliphatic carbocycles. The minimum Gasteiger partial charge on any atom is -0.478 e. The summed E-state index contributed by atoms with van der Waals surface area (Å²) in [7, 11) is 0. The van der Waals surface area contributed by atoms with Gasteiger partial charge in [0, 0.05) is 5.03 Å². The molecule has 1 aromatic rings. The zero-order valence-corrected chi connectivity index (χ0v) is 15.8. The average molecular weight is 379 g/mol. The third-order valence-corrected chi connectivity index (χ3v) is 2.55. The molecule has 0 atom stereocenters. The Bertz CT molecular complexity index is 662. The van der Waals surface area contributed by atoms with Gasteiger partial charge in [-0.3, -0.25) is 0 Å². The molecule has 1 aromatic heterocycles. The summed E-state index contributed by atoms with van der Waals surface area (Å²) in [6.45, 7) is 10.7. The number of rotatable bonds is 3. The van der Waals surface area contributed by atoms with Crippen LogP contribution in [0.25, 0.3) is 5.57 Å². The van der Waals surface area contributed by atoms with Crippen molar-refractivity contribution in [2.24, 2.45) is 0 Å². The van der Waals surface area contributed by atoms with Crippen molar-refractivity contribution < 1.29 is 27.5 Å². The number of aromatic carboxylic acids is 1. The van der Waals surface area contributed by atoms with Crippen molar-refractivity contribution in [3.8, 4) is 11.8 Å². The SMILES string of the molecule is C/C(Cl)=C\C=C(/C)c1cc(C(=O)O)c(C(F)(F)F)o1.CC.CC#CC. The maximum Gasteiger partial charge on any atom is 0.450 e. The third-order valence-electron chi connectivity index (χ3n) is 2.42. The summed E-state index contributed by atoms with van der Waals surface area (Å²) in [5.41, 5.74) is -0.583. The van der Waals surface area contributed by atoms with Gasteiger partial charge >= 0.3 is 12.1 Å². The van der Waals surface area contributed by atoms with E-state index in [4.69, 9.17) is 16.7 Å². The van der Waals surface area contributed by atoms with Gasteiger partial charge in [-0.2, -0.15) is 13.2 Å². The molecule has 1 heterocycles. The second kappa shape index (κ2) is 12.3. The van der Waals surface area contributed by atoms with Crippen molar-refractivity contribution in [1.29, 1.82) is 0 Å². The lowest BCUT2D eigenvalue weighted by molar-refractivity contribution is -0.153. The highest BCUT2D eigenvalue weighted by molar-refractivity contribution is 6.29. The van der Waals surface area contributed by atoms with Gasteiger partial charge in [-0.05, 0) is 45.4 Å². The Hall–Kier alpha value is -2.13. The Morgan fingerprint density at radius 1 is 1.20 bits per heavy atom. The van der Waals surface area contributed by atoms with E-state index in [1.165, 1.54) is 19.1 Å². The number of hydrogen-bond acceptors (Lipinski definition) is 2. The highest BCUT2D eigenvalue weighted by atomic mass is 35.5. The Kier molecular flexibility index (Phi) is 12.3. The van der Waals surface area contributed by atoms with Crippen LogP contribution in [-0.4, -0.2) is 11.1 Å². The van der Waals surface area contributed by atoms with Crippen LogP contribution < -0.4 is 0 Å². The molecule has 0 fully saturated rings. The van der Waals surface area contributed by atoms with E-state index < -0.39 is 23.5 Å². The van der Waals surface area contributed by atoms with Crippen molar-refractivity contribution in [3.05, 3.63) is 40.3 Å². The van der Waals surface area contributed by atoms with Crippen LogP contribution in [0.3, 0.4) is 0 Å². The highest BCUT2D eigenvalue weighted by Crippen LogP contribution is 2.35. The van der Waals surface area contributed by atoms with Gasteiger partial charge in [0.25, 0.3) is 0 Å². The monoisotopic (exact) mass is 378 g/mol. The molecular formula is C18H22ClF3O3. The number of hydrogen-bond donors (Lipinski definition) is 1. The molecule has 0 amide bonds. The van der Waals surface area contributed by atoms with E-state index in [1.54, 1.807) is 6.92 Å². The zero-order chi connectivity index (χ0) is 20.2.